The second-order valence-electron chi connectivity index (χ2n) is 9.71. The maximum absolute atomic E-state index is 15.8. The zero-order valence-corrected chi connectivity index (χ0v) is 22.5. The number of aromatic amines is 1. The van der Waals surface area contributed by atoms with E-state index in [-0.39, 0.29) is 28.2 Å². The van der Waals surface area contributed by atoms with Gasteiger partial charge in [0.25, 0.3) is 0 Å². The standard InChI is InChI=1S/C25H28ClFN6O4S/c1-13(29-25(34)37-2)3-8-20-28-10-9-18(30-20)23-22(31-24(32-23)14-4-5-14)17-11-15(26)12-19(21(17)27)33-38(35,36)16-6-7-16/h9-14,16,33H,3-8H2,1-2H3,(H,29,34)(H,31,32)/t13-/m0/s1. The van der Waals surface area contributed by atoms with E-state index in [2.05, 4.69) is 29.7 Å². The second-order valence-corrected chi connectivity index (χ2v) is 12.1. The first-order chi connectivity index (χ1) is 18.1. The third-order valence-corrected chi connectivity index (χ3v) is 8.58. The van der Waals surface area contributed by atoms with Gasteiger partial charge in [0.1, 0.15) is 17.3 Å². The number of anilines is 1. The number of hydrogen-bond acceptors (Lipinski definition) is 7. The molecule has 1 amide bonds. The Labute approximate surface area is 224 Å². The van der Waals surface area contributed by atoms with E-state index in [9.17, 15) is 13.2 Å². The largest absolute Gasteiger partial charge is 0.453 e. The maximum Gasteiger partial charge on any atom is 0.407 e. The summed E-state index contributed by atoms with van der Waals surface area (Å²) in [6.45, 7) is 1.85. The lowest BCUT2D eigenvalue weighted by Gasteiger charge is -2.13. The molecule has 0 bridgehead atoms. The summed E-state index contributed by atoms with van der Waals surface area (Å²) >= 11 is 6.31. The van der Waals surface area contributed by atoms with Crippen LogP contribution in [0.25, 0.3) is 22.6 Å². The summed E-state index contributed by atoms with van der Waals surface area (Å²) in [6.07, 6.45) is 5.20. The summed E-state index contributed by atoms with van der Waals surface area (Å²) in [4.78, 5) is 28.4. The molecule has 0 radical (unpaired) electrons. The minimum absolute atomic E-state index is 0.0696. The van der Waals surface area contributed by atoms with E-state index < -0.39 is 27.2 Å². The van der Waals surface area contributed by atoms with Gasteiger partial charge in [-0.15, -0.1) is 0 Å². The molecule has 202 valence electrons. The van der Waals surface area contributed by atoms with Crippen molar-refractivity contribution in [3.63, 3.8) is 0 Å². The molecule has 0 aliphatic heterocycles. The van der Waals surface area contributed by atoms with Crippen LogP contribution >= 0.6 is 11.6 Å². The molecule has 0 saturated heterocycles. The number of nitrogens with zero attached hydrogens (tertiary/aromatic N) is 3. The molecular formula is C25H28ClFN6O4S. The van der Waals surface area contributed by atoms with E-state index >= 15 is 4.39 Å². The number of methoxy groups -OCH3 is 1. The van der Waals surface area contributed by atoms with Crippen LogP contribution in [0.4, 0.5) is 14.9 Å². The van der Waals surface area contributed by atoms with Crippen molar-refractivity contribution in [3.8, 4) is 22.6 Å². The van der Waals surface area contributed by atoms with Crippen molar-refractivity contribution in [2.24, 2.45) is 0 Å². The highest BCUT2D eigenvalue weighted by Gasteiger charge is 2.37. The number of halogens is 2. The summed E-state index contributed by atoms with van der Waals surface area (Å²) in [5, 5.41) is 2.36. The number of alkyl carbamates (subject to hydrolysis) is 1. The van der Waals surface area contributed by atoms with Gasteiger partial charge < -0.3 is 15.0 Å². The molecule has 13 heteroatoms. The number of H-pyrrole nitrogens is 1. The highest BCUT2D eigenvalue weighted by Crippen LogP contribution is 2.43. The van der Waals surface area contributed by atoms with Crippen LogP contribution in [-0.2, 0) is 21.2 Å². The number of carbonyl (C=O) groups excluding carboxylic acids is 1. The van der Waals surface area contributed by atoms with Crippen molar-refractivity contribution in [3.05, 3.63) is 46.9 Å². The fourth-order valence-electron chi connectivity index (χ4n) is 4.11. The van der Waals surface area contributed by atoms with Crippen molar-refractivity contribution in [1.82, 2.24) is 25.3 Å². The van der Waals surface area contributed by atoms with E-state index in [1.165, 1.54) is 19.2 Å². The maximum atomic E-state index is 15.8. The smallest absolute Gasteiger partial charge is 0.407 e. The number of amides is 1. The minimum Gasteiger partial charge on any atom is -0.453 e. The van der Waals surface area contributed by atoms with Crippen LogP contribution in [0.5, 0.6) is 0 Å². The zero-order valence-electron chi connectivity index (χ0n) is 20.9. The molecule has 2 saturated carbocycles. The number of hydrogen-bond donors (Lipinski definition) is 3. The van der Waals surface area contributed by atoms with Crippen LogP contribution in [0.2, 0.25) is 5.02 Å². The van der Waals surface area contributed by atoms with Crippen LogP contribution in [-0.4, -0.2) is 52.8 Å². The van der Waals surface area contributed by atoms with Gasteiger partial charge in [0.15, 0.2) is 5.82 Å². The molecule has 0 unspecified atom stereocenters. The lowest BCUT2D eigenvalue weighted by molar-refractivity contribution is 0.167. The summed E-state index contributed by atoms with van der Waals surface area (Å²) in [5.41, 5.74) is 1.16. The molecule has 2 aromatic heterocycles. The van der Waals surface area contributed by atoms with Gasteiger partial charge in [-0.2, -0.15) is 0 Å². The van der Waals surface area contributed by atoms with Crippen molar-refractivity contribution in [1.29, 1.82) is 0 Å². The summed E-state index contributed by atoms with van der Waals surface area (Å²) in [5.74, 6) is 0.736. The Bertz CT molecular complexity index is 1470. The van der Waals surface area contributed by atoms with E-state index in [0.29, 0.717) is 54.4 Å². The SMILES string of the molecule is COC(=O)N[C@@H](C)CCc1nccc(-c2[nH]c(C3CC3)nc2-c2cc(Cl)cc(NS(=O)(=O)C3CC3)c2F)n1. The number of carbonyl (C=O) groups is 1. The van der Waals surface area contributed by atoms with E-state index in [0.717, 1.165) is 12.8 Å². The predicted octanol–water partition coefficient (Wildman–Crippen LogP) is 4.78. The highest BCUT2D eigenvalue weighted by atomic mass is 35.5. The number of imidazole rings is 1. The number of sulfonamides is 1. The van der Waals surface area contributed by atoms with Gasteiger partial charge in [0.2, 0.25) is 10.0 Å². The number of benzene rings is 1. The van der Waals surface area contributed by atoms with Gasteiger partial charge in [0.05, 0.1) is 29.4 Å². The van der Waals surface area contributed by atoms with Crippen LogP contribution in [0, 0.1) is 5.82 Å². The van der Waals surface area contributed by atoms with Crippen molar-refractivity contribution < 1.29 is 22.3 Å². The Balaban J connectivity index is 1.48. The Morgan fingerprint density at radius 2 is 2.03 bits per heavy atom. The topological polar surface area (TPSA) is 139 Å². The summed E-state index contributed by atoms with van der Waals surface area (Å²) in [6, 6.07) is 4.25. The quantitative estimate of drug-likeness (QED) is 0.323. The van der Waals surface area contributed by atoms with Gasteiger partial charge in [-0.25, -0.2) is 32.6 Å². The first-order valence-corrected chi connectivity index (χ1v) is 14.3. The van der Waals surface area contributed by atoms with Crippen molar-refractivity contribution in [2.45, 2.75) is 62.7 Å². The number of aryl methyl sites for hydroxylation is 1. The average molecular weight is 563 g/mol. The zero-order chi connectivity index (χ0) is 27.0. The number of nitrogens with one attached hydrogen (secondary N) is 3. The number of aromatic nitrogens is 4. The highest BCUT2D eigenvalue weighted by molar-refractivity contribution is 7.93. The van der Waals surface area contributed by atoms with Crippen LogP contribution < -0.4 is 10.0 Å². The van der Waals surface area contributed by atoms with Gasteiger partial charge in [-0.3, -0.25) is 4.72 Å². The van der Waals surface area contributed by atoms with Gasteiger partial charge in [-0.1, -0.05) is 11.6 Å². The van der Waals surface area contributed by atoms with Crippen molar-refractivity contribution in [2.75, 3.05) is 11.8 Å². The second kappa shape index (κ2) is 10.5. The fraction of sp³-hybridized carbons (Fsp3) is 0.440. The van der Waals surface area contributed by atoms with Gasteiger partial charge in [-0.05, 0) is 57.2 Å². The molecular weight excluding hydrogens is 535 g/mol. The first kappa shape index (κ1) is 26.4. The molecule has 38 heavy (non-hydrogen) atoms. The predicted molar refractivity (Wildman–Crippen MR) is 141 cm³/mol. The van der Waals surface area contributed by atoms with Gasteiger partial charge >= 0.3 is 6.09 Å². The molecule has 1 aromatic carbocycles. The normalized spacial score (nSPS) is 16.2. The van der Waals surface area contributed by atoms with Crippen molar-refractivity contribution >= 4 is 33.4 Å². The van der Waals surface area contributed by atoms with E-state index in [4.69, 9.17) is 16.6 Å². The molecule has 2 heterocycles. The third-order valence-electron chi connectivity index (χ3n) is 6.51. The number of rotatable bonds is 10. The Kier molecular flexibility index (Phi) is 7.28. The molecule has 1 atom stereocenters. The fourth-order valence-corrected chi connectivity index (χ4v) is 5.71. The molecule has 2 aliphatic carbocycles. The Morgan fingerprint density at radius 3 is 2.71 bits per heavy atom. The lowest BCUT2D eigenvalue weighted by Crippen LogP contribution is -2.32. The lowest BCUT2D eigenvalue weighted by atomic mass is 10.1. The van der Waals surface area contributed by atoms with Gasteiger partial charge in [0, 0.05) is 35.2 Å². The van der Waals surface area contributed by atoms with Crippen LogP contribution in [0.15, 0.2) is 24.4 Å². The monoisotopic (exact) mass is 562 g/mol. The minimum atomic E-state index is -3.70. The Morgan fingerprint density at radius 1 is 1.26 bits per heavy atom. The molecule has 5 rings (SSSR count). The van der Waals surface area contributed by atoms with Crippen LogP contribution in [0.1, 0.15) is 56.6 Å². The summed E-state index contributed by atoms with van der Waals surface area (Å²) < 4.78 is 47.8. The molecule has 2 aliphatic rings. The Hall–Kier alpha value is -3.25. The molecule has 0 spiro atoms. The molecule has 10 nitrogen and oxygen atoms in total. The van der Waals surface area contributed by atoms with E-state index in [1.807, 2.05) is 6.92 Å². The third kappa shape index (κ3) is 5.91. The molecule has 3 aromatic rings. The molecule has 2 fully saturated rings. The molecule has 3 N–H and O–H groups in total. The first-order valence-electron chi connectivity index (χ1n) is 12.4. The summed E-state index contributed by atoms with van der Waals surface area (Å²) in [7, 11) is -2.39. The van der Waals surface area contributed by atoms with Crippen LogP contribution in [0.3, 0.4) is 0 Å². The van der Waals surface area contributed by atoms with E-state index in [1.54, 1.807) is 12.3 Å². The number of ether oxygens (including phenoxy) is 1. The average Bonchev–Trinajstić information content (AvgIpc) is 3.82.